The smallest absolute Gasteiger partial charge is 0.304 e. The second kappa shape index (κ2) is 15.9. The quantitative estimate of drug-likeness (QED) is 0.314. The van der Waals surface area contributed by atoms with E-state index in [1.165, 1.54) is 19.3 Å². The first kappa shape index (κ1) is 20.5. The van der Waals surface area contributed by atoms with E-state index in [2.05, 4.69) is 12.2 Å². The van der Waals surface area contributed by atoms with Gasteiger partial charge in [-0.15, -0.1) is 0 Å². The molecule has 0 aromatic carbocycles. The third kappa shape index (κ3) is 19.5. The van der Waals surface area contributed by atoms with Crippen LogP contribution in [0.3, 0.4) is 0 Å². The van der Waals surface area contributed by atoms with Crippen molar-refractivity contribution in [1.82, 2.24) is 0 Å². The molecule has 0 aromatic rings. The fourth-order valence-electron chi connectivity index (χ4n) is 2.00. The van der Waals surface area contributed by atoms with Crippen LogP contribution >= 0.6 is 11.8 Å². The predicted molar refractivity (Wildman–Crippen MR) is 90.8 cm³/mol. The van der Waals surface area contributed by atoms with Gasteiger partial charge in [0.2, 0.25) is 0 Å². The zero-order valence-electron chi connectivity index (χ0n) is 13.4. The Bertz CT molecular complexity index is 268. The van der Waals surface area contributed by atoms with E-state index in [0.717, 1.165) is 43.6 Å². The number of rotatable bonds is 15. The normalized spacial score (nSPS) is 12.9. The van der Waals surface area contributed by atoms with Crippen LogP contribution < -0.4 is 0 Å². The molecular weight excluding hydrogens is 286 g/mol. The molecule has 1 unspecified atom stereocenters. The average molecular weight is 318 g/mol. The molecule has 0 rings (SSSR count). The molecule has 0 saturated carbocycles. The van der Waals surface area contributed by atoms with E-state index in [1.807, 2.05) is 0 Å². The first-order valence-electron chi connectivity index (χ1n) is 8.21. The maximum Gasteiger partial charge on any atom is 0.304 e. The maximum atomic E-state index is 12.5. The van der Waals surface area contributed by atoms with Gasteiger partial charge in [0.15, 0.2) is 0 Å². The molecule has 0 radical (unpaired) electrons. The van der Waals surface area contributed by atoms with Crippen molar-refractivity contribution in [3.63, 3.8) is 0 Å². The van der Waals surface area contributed by atoms with Crippen LogP contribution in [-0.2, 0) is 4.79 Å². The summed E-state index contributed by atoms with van der Waals surface area (Å²) >= 11 is 1.73. The van der Waals surface area contributed by atoms with Gasteiger partial charge >= 0.3 is 5.97 Å². The minimum absolute atomic E-state index is 0.273. The van der Waals surface area contributed by atoms with Crippen molar-refractivity contribution in [2.24, 2.45) is 0 Å². The van der Waals surface area contributed by atoms with E-state index in [4.69, 9.17) is 5.11 Å². The minimum Gasteiger partial charge on any atom is -0.481 e. The number of carbonyl (C=O) groups is 1. The Kier molecular flexibility index (Phi) is 15.5. The summed E-state index contributed by atoms with van der Waals surface area (Å²) in [6.07, 6.45) is 14.0. The highest BCUT2D eigenvalue weighted by Gasteiger charge is 1.97. The first-order chi connectivity index (χ1) is 10.1. The molecular formula is C17H31FO2S. The Morgan fingerprint density at radius 3 is 2.29 bits per heavy atom. The Hall–Kier alpha value is -0.510. The monoisotopic (exact) mass is 317 g/mol. The summed E-state index contributed by atoms with van der Waals surface area (Å²) in [5, 5.41) is 8.49. The number of carboxylic acids is 1. The molecule has 0 fully saturated rings. The summed E-state index contributed by atoms with van der Waals surface area (Å²) in [6, 6.07) is 0. The molecule has 0 bridgehead atoms. The van der Waals surface area contributed by atoms with Crippen molar-refractivity contribution in [3.05, 3.63) is 12.2 Å². The topological polar surface area (TPSA) is 37.3 Å². The number of aliphatic carboxylic acids is 1. The summed E-state index contributed by atoms with van der Waals surface area (Å²) in [7, 11) is 0. The SMILES string of the molecule is CC([18F])CCCCCC/C=C\CCCCSCCC(=O)O. The van der Waals surface area contributed by atoms with E-state index in [1.54, 1.807) is 18.7 Å². The van der Waals surface area contributed by atoms with Gasteiger partial charge in [0.25, 0.3) is 0 Å². The zero-order valence-corrected chi connectivity index (χ0v) is 14.2. The van der Waals surface area contributed by atoms with Gasteiger partial charge in [-0.05, 0) is 51.2 Å². The van der Waals surface area contributed by atoms with Crippen LogP contribution in [0.2, 0.25) is 0 Å². The van der Waals surface area contributed by atoms with Crippen LogP contribution in [0.1, 0.15) is 71.1 Å². The molecule has 0 heterocycles. The lowest BCUT2D eigenvalue weighted by Gasteiger charge is -2.01. The highest BCUT2D eigenvalue weighted by molar-refractivity contribution is 7.99. The van der Waals surface area contributed by atoms with Gasteiger partial charge in [-0.25, -0.2) is 4.39 Å². The van der Waals surface area contributed by atoms with Gasteiger partial charge in [-0.3, -0.25) is 4.79 Å². The highest BCUT2D eigenvalue weighted by Crippen LogP contribution is 2.10. The van der Waals surface area contributed by atoms with Crippen LogP contribution in [0.5, 0.6) is 0 Å². The summed E-state index contributed by atoms with van der Waals surface area (Å²) in [4.78, 5) is 10.3. The number of halogens is 1. The number of allylic oxidation sites excluding steroid dienone is 2. The van der Waals surface area contributed by atoms with E-state index in [9.17, 15) is 9.18 Å². The molecule has 4 heteroatoms. The van der Waals surface area contributed by atoms with Crippen LogP contribution in [0.4, 0.5) is 4.39 Å². The van der Waals surface area contributed by atoms with Gasteiger partial charge in [0.05, 0.1) is 12.6 Å². The molecule has 0 aliphatic heterocycles. The Morgan fingerprint density at radius 1 is 1.05 bits per heavy atom. The van der Waals surface area contributed by atoms with Crippen LogP contribution in [0, 0.1) is 0 Å². The molecule has 1 atom stereocenters. The third-order valence-corrected chi connectivity index (χ3v) is 4.33. The largest absolute Gasteiger partial charge is 0.481 e. The third-order valence-electron chi connectivity index (χ3n) is 3.26. The second-order valence-corrected chi connectivity index (χ2v) is 6.72. The number of alkyl halides is 1. The molecule has 2 nitrogen and oxygen atoms in total. The van der Waals surface area contributed by atoms with E-state index in [0.29, 0.717) is 6.42 Å². The van der Waals surface area contributed by atoms with Crippen molar-refractivity contribution < 1.29 is 14.3 Å². The molecule has 124 valence electrons. The summed E-state index contributed by atoms with van der Waals surface area (Å²) < 4.78 is 12.5. The number of unbranched alkanes of at least 4 members (excludes halogenated alkanes) is 6. The predicted octanol–water partition coefficient (Wildman–Crippen LogP) is 5.62. The fraction of sp³-hybridized carbons (Fsp3) is 0.824. The lowest BCUT2D eigenvalue weighted by molar-refractivity contribution is -0.136. The van der Waals surface area contributed by atoms with Gasteiger partial charge < -0.3 is 5.11 Å². The fourth-order valence-corrected chi connectivity index (χ4v) is 2.94. The van der Waals surface area contributed by atoms with Crippen molar-refractivity contribution >= 4 is 17.7 Å². The Balaban J connectivity index is 3.10. The van der Waals surface area contributed by atoms with Crippen molar-refractivity contribution in [2.45, 2.75) is 77.3 Å². The number of thioether (sulfide) groups is 1. The van der Waals surface area contributed by atoms with Gasteiger partial charge in [0.1, 0.15) is 0 Å². The summed E-state index contributed by atoms with van der Waals surface area (Å²) in [5.74, 6) is 1.09. The number of carboxylic acid groups (broad SMARTS) is 1. The number of hydrogen-bond acceptors (Lipinski definition) is 2. The van der Waals surface area contributed by atoms with Crippen LogP contribution in [-0.4, -0.2) is 28.8 Å². The highest BCUT2D eigenvalue weighted by atomic mass is 32.2. The summed E-state index contributed by atoms with van der Waals surface area (Å²) in [6.45, 7) is 1.63. The standard InChI is InChI=1S/C17H31FO2S/c1-16(18)12-10-8-6-4-2-3-5-7-9-11-14-21-15-13-17(19)20/h3,5,16H,2,4,6-15H2,1H3,(H,19,20)/b5-3-/i18-1. The summed E-state index contributed by atoms with van der Waals surface area (Å²) in [5.41, 5.74) is 0. The molecule has 21 heavy (non-hydrogen) atoms. The zero-order chi connectivity index (χ0) is 15.8. The van der Waals surface area contributed by atoms with Gasteiger partial charge in [0, 0.05) is 5.75 Å². The van der Waals surface area contributed by atoms with Crippen LogP contribution in [0.25, 0.3) is 0 Å². The van der Waals surface area contributed by atoms with E-state index >= 15 is 0 Å². The van der Waals surface area contributed by atoms with Crippen LogP contribution in [0.15, 0.2) is 12.2 Å². The maximum absolute atomic E-state index is 12.5. The average Bonchev–Trinajstić information content (AvgIpc) is 2.42. The van der Waals surface area contributed by atoms with Crippen molar-refractivity contribution in [3.8, 4) is 0 Å². The molecule has 0 amide bonds. The minimum atomic E-state index is -0.704. The molecule has 1 N–H and O–H groups in total. The number of hydrogen-bond donors (Lipinski definition) is 1. The molecule has 0 spiro atoms. The first-order valence-corrected chi connectivity index (χ1v) is 9.37. The molecule has 0 aliphatic rings. The van der Waals surface area contributed by atoms with E-state index < -0.39 is 12.1 Å². The van der Waals surface area contributed by atoms with Gasteiger partial charge in [-0.2, -0.15) is 11.8 Å². The van der Waals surface area contributed by atoms with Gasteiger partial charge in [-0.1, -0.05) is 31.4 Å². The molecule has 0 aliphatic carbocycles. The lowest BCUT2D eigenvalue weighted by Crippen LogP contribution is -1.96. The lowest BCUT2D eigenvalue weighted by atomic mass is 10.1. The Labute approximate surface area is 133 Å². The second-order valence-electron chi connectivity index (χ2n) is 5.50. The molecule has 0 saturated heterocycles. The van der Waals surface area contributed by atoms with Crippen molar-refractivity contribution in [2.75, 3.05) is 11.5 Å². The molecule has 0 aromatic heterocycles. The van der Waals surface area contributed by atoms with E-state index in [-0.39, 0.29) is 6.42 Å². The van der Waals surface area contributed by atoms with Crippen molar-refractivity contribution in [1.29, 1.82) is 0 Å². The Morgan fingerprint density at radius 2 is 1.67 bits per heavy atom.